The van der Waals surface area contributed by atoms with E-state index in [-0.39, 0.29) is 22.9 Å². The predicted molar refractivity (Wildman–Crippen MR) is 64.0 cm³/mol. The van der Waals surface area contributed by atoms with Gasteiger partial charge < -0.3 is 20.1 Å². The summed E-state index contributed by atoms with van der Waals surface area (Å²) in [6.45, 7) is 0. The molecule has 0 bridgehead atoms. The van der Waals surface area contributed by atoms with Crippen molar-refractivity contribution in [1.82, 2.24) is 0 Å². The zero-order chi connectivity index (χ0) is 12.3. The third-order valence-electron chi connectivity index (χ3n) is 2.17. The first kappa shape index (κ1) is 13.6. The van der Waals surface area contributed by atoms with Gasteiger partial charge in [0.25, 0.3) is 0 Å². The first-order valence-corrected chi connectivity index (χ1v) is 5.83. The van der Waals surface area contributed by atoms with E-state index < -0.39 is 12.2 Å². The molecule has 0 aliphatic rings. The van der Waals surface area contributed by atoms with Crippen LogP contribution in [0.25, 0.3) is 0 Å². The van der Waals surface area contributed by atoms with Crippen molar-refractivity contribution in [3.05, 3.63) is 22.2 Å². The van der Waals surface area contributed by atoms with Gasteiger partial charge in [0.15, 0.2) is 11.5 Å². The summed E-state index contributed by atoms with van der Waals surface area (Å²) in [4.78, 5) is 0. The van der Waals surface area contributed by atoms with Crippen LogP contribution in [0.3, 0.4) is 0 Å². The molecule has 0 aliphatic carbocycles. The lowest BCUT2D eigenvalue weighted by molar-refractivity contribution is 0.0306. The Morgan fingerprint density at radius 1 is 1.44 bits per heavy atom. The van der Waals surface area contributed by atoms with Crippen molar-refractivity contribution in [3.8, 4) is 11.5 Å². The molecule has 6 heteroatoms. The number of benzene rings is 1. The van der Waals surface area contributed by atoms with E-state index in [0.29, 0.717) is 4.47 Å². The molecule has 1 rings (SSSR count). The maximum absolute atomic E-state index is 9.82. The molecule has 0 heterocycles. The molecule has 90 valence electrons. The molecular weight excluding hydrogens is 299 g/mol. The van der Waals surface area contributed by atoms with Gasteiger partial charge in [-0.3, -0.25) is 0 Å². The average molecular weight is 312 g/mol. The van der Waals surface area contributed by atoms with Crippen LogP contribution in [0.4, 0.5) is 0 Å². The maximum atomic E-state index is 9.82. The molecule has 0 aromatic heterocycles. The fraction of sp³-hybridized carbons (Fsp3) is 0.400. The maximum Gasteiger partial charge on any atom is 0.164 e. The summed E-state index contributed by atoms with van der Waals surface area (Å²) in [7, 11) is 1.40. The van der Waals surface area contributed by atoms with E-state index in [2.05, 4.69) is 15.9 Å². The van der Waals surface area contributed by atoms with Gasteiger partial charge in [-0.15, -0.1) is 11.6 Å². The molecule has 4 nitrogen and oxygen atoms in total. The van der Waals surface area contributed by atoms with Crippen molar-refractivity contribution < 1.29 is 20.1 Å². The summed E-state index contributed by atoms with van der Waals surface area (Å²) >= 11 is 8.62. The fourth-order valence-electron chi connectivity index (χ4n) is 1.29. The zero-order valence-electron chi connectivity index (χ0n) is 8.52. The van der Waals surface area contributed by atoms with Gasteiger partial charge in [0, 0.05) is 10.0 Å². The van der Waals surface area contributed by atoms with Crippen molar-refractivity contribution in [3.63, 3.8) is 0 Å². The lowest BCUT2D eigenvalue weighted by Gasteiger charge is -2.19. The fourth-order valence-corrected chi connectivity index (χ4v) is 2.01. The van der Waals surface area contributed by atoms with Crippen LogP contribution >= 0.6 is 27.5 Å². The lowest BCUT2D eigenvalue weighted by atomic mass is 10.0. The Bertz CT molecular complexity index is 372. The molecule has 2 atom stereocenters. The molecule has 1 aromatic carbocycles. The van der Waals surface area contributed by atoms with Gasteiger partial charge in [-0.1, -0.05) is 15.9 Å². The summed E-state index contributed by atoms with van der Waals surface area (Å²) in [6, 6.07) is 3.15. The number of halogens is 2. The molecule has 2 unspecified atom stereocenters. The van der Waals surface area contributed by atoms with Gasteiger partial charge in [-0.05, 0) is 12.1 Å². The molecule has 0 aliphatic heterocycles. The summed E-state index contributed by atoms with van der Waals surface area (Å²) in [6.07, 6.45) is -2.43. The Morgan fingerprint density at radius 3 is 2.56 bits per heavy atom. The Labute approximate surface area is 107 Å². The molecule has 16 heavy (non-hydrogen) atoms. The number of phenolic OH excluding ortho intramolecular Hbond substituents is 1. The summed E-state index contributed by atoms with van der Waals surface area (Å²) in [5, 5.41) is 29.0. The number of hydrogen-bond acceptors (Lipinski definition) is 4. The minimum Gasteiger partial charge on any atom is -0.504 e. The number of methoxy groups -OCH3 is 1. The van der Waals surface area contributed by atoms with E-state index in [1.54, 1.807) is 12.1 Å². The second-order valence-electron chi connectivity index (χ2n) is 3.18. The number of hydrogen-bond donors (Lipinski definition) is 3. The molecule has 0 radical (unpaired) electrons. The smallest absolute Gasteiger partial charge is 0.164 e. The van der Waals surface area contributed by atoms with Crippen molar-refractivity contribution in [1.29, 1.82) is 0 Å². The minimum atomic E-state index is -1.28. The van der Waals surface area contributed by atoms with Crippen molar-refractivity contribution in [2.75, 3.05) is 13.0 Å². The highest BCUT2D eigenvalue weighted by Crippen LogP contribution is 2.39. The highest BCUT2D eigenvalue weighted by molar-refractivity contribution is 9.10. The largest absolute Gasteiger partial charge is 0.504 e. The van der Waals surface area contributed by atoms with Crippen LogP contribution in [0.2, 0.25) is 0 Å². The van der Waals surface area contributed by atoms with Gasteiger partial charge in [0.1, 0.15) is 6.10 Å². The molecule has 0 amide bonds. The topological polar surface area (TPSA) is 69.9 Å². The second-order valence-corrected chi connectivity index (χ2v) is 4.34. The van der Waals surface area contributed by atoms with Crippen molar-refractivity contribution in [2.24, 2.45) is 0 Å². The van der Waals surface area contributed by atoms with Crippen molar-refractivity contribution in [2.45, 2.75) is 12.2 Å². The third-order valence-corrected chi connectivity index (χ3v) is 3.17. The van der Waals surface area contributed by atoms with E-state index in [4.69, 9.17) is 16.3 Å². The summed E-state index contributed by atoms with van der Waals surface area (Å²) in [5.41, 5.74) is 0.160. The van der Waals surface area contributed by atoms with Crippen LogP contribution < -0.4 is 4.74 Å². The molecule has 0 fully saturated rings. The van der Waals surface area contributed by atoms with E-state index >= 15 is 0 Å². The molecule has 0 spiro atoms. The lowest BCUT2D eigenvalue weighted by Crippen LogP contribution is -2.20. The Morgan fingerprint density at radius 2 is 2.06 bits per heavy atom. The van der Waals surface area contributed by atoms with E-state index in [0.717, 1.165) is 0 Å². The van der Waals surface area contributed by atoms with E-state index in [1.165, 1.54) is 7.11 Å². The number of rotatable bonds is 4. The molecule has 0 saturated carbocycles. The van der Waals surface area contributed by atoms with E-state index in [1.807, 2.05) is 0 Å². The van der Waals surface area contributed by atoms with Gasteiger partial charge in [-0.25, -0.2) is 0 Å². The number of alkyl halides is 1. The Hall–Kier alpha value is -0.490. The molecule has 0 saturated heterocycles. The average Bonchev–Trinajstić information content (AvgIpc) is 2.28. The number of aromatic hydroxyl groups is 1. The first-order chi connectivity index (χ1) is 7.52. The number of ether oxygens (including phenoxy) is 1. The normalized spacial score (nSPS) is 14.6. The Kier molecular flexibility index (Phi) is 4.86. The predicted octanol–water partition coefficient (Wildman–Crippen LogP) is 1.80. The van der Waals surface area contributed by atoms with Gasteiger partial charge in [0.05, 0.1) is 19.1 Å². The van der Waals surface area contributed by atoms with Crippen molar-refractivity contribution >= 4 is 27.5 Å². The molecule has 1 aromatic rings. The molecule has 3 N–H and O–H groups in total. The number of aliphatic hydroxyl groups is 2. The van der Waals surface area contributed by atoms with Crippen LogP contribution in [0, 0.1) is 0 Å². The highest BCUT2D eigenvalue weighted by atomic mass is 79.9. The van der Waals surface area contributed by atoms with Crippen LogP contribution in [-0.2, 0) is 0 Å². The summed E-state index contributed by atoms with van der Waals surface area (Å²) < 4.78 is 5.38. The van der Waals surface area contributed by atoms with Crippen LogP contribution in [0.15, 0.2) is 16.6 Å². The SMILES string of the molecule is COc1ccc(Br)c(C(O)C(O)CCl)c1O. The number of phenols is 1. The van der Waals surface area contributed by atoms with E-state index in [9.17, 15) is 15.3 Å². The standard InChI is InChI=1S/C10H12BrClO4/c1-16-7-3-2-5(11)8(10(7)15)9(14)6(13)4-12/h2-3,6,9,13-15H,4H2,1H3. The Balaban J connectivity index is 3.20. The molecular formula is C10H12BrClO4. The zero-order valence-corrected chi connectivity index (χ0v) is 10.9. The third kappa shape index (κ3) is 2.60. The summed E-state index contributed by atoms with van der Waals surface area (Å²) in [5.74, 6) is -0.128. The quantitative estimate of drug-likeness (QED) is 0.742. The van der Waals surface area contributed by atoms with Crippen LogP contribution in [0.5, 0.6) is 11.5 Å². The monoisotopic (exact) mass is 310 g/mol. The second kappa shape index (κ2) is 5.72. The van der Waals surface area contributed by atoms with Gasteiger partial charge in [0.2, 0.25) is 0 Å². The number of aliphatic hydroxyl groups excluding tert-OH is 2. The van der Waals surface area contributed by atoms with Crippen LogP contribution in [-0.4, -0.2) is 34.4 Å². The van der Waals surface area contributed by atoms with Gasteiger partial charge in [-0.2, -0.15) is 0 Å². The first-order valence-electron chi connectivity index (χ1n) is 4.50. The highest BCUT2D eigenvalue weighted by Gasteiger charge is 2.25. The van der Waals surface area contributed by atoms with Gasteiger partial charge >= 0.3 is 0 Å². The minimum absolute atomic E-state index is 0.135. The van der Waals surface area contributed by atoms with Crippen LogP contribution in [0.1, 0.15) is 11.7 Å².